The average molecular weight is 349 g/mol. The molecular weight excluding hydrogens is 324 g/mol. The van der Waals surface area contributed by atoms with E-state index in [0.29, 0.717) is 0 Å². The molecule has 0 atom stereocenters. The SMILES string of the molecule is c1nc(CN2CCCN(Cc3cnc(C4CCC4)s3)CC2)cs1. The highest BCUT2D eigenvalue weighted by atomic mass is 32.1. The molecule has 1 saturated carbocycles. The van der Waals surface area contributed by atoms with Crippen molar-refractivity contribution in [3.8, 4) is 0 Å². The van der Waals surface area contributed by atoms with Gasteiger partial charge in [0.25, 0.3) is 0 Å². The van der Waals surface area contributed by atoms with E-state index in [1.807, 2.05) is 16.8 Å². The molecule has 4 rings (SSSR count). The Bertz CT molecular complexity index is 606. The molecular formula is C17H24N4S2. The normalized spacial score (nSPS) is 21.2. The topological polar surface area (TPSA) is 32.3 Å². The largest absolute Gasteiger partial charge is 0.297 e. The van der Waals surface area contributed by atoms with Gasteiger partial charge in [0.15, 0.2) is 0 Å². The number of aromatic nitrogens is 2. The Labute approximate surface area is 146 Å². The zero-order chi connectivity index (χ0) is 15.5. The first kappa shape index (κ1) is 15.7. The maximum atomic E-state index is 4.67. The van der Waals surface area contributed by atoms with Crippen molar-refractivity contribution in [2.24, 2.45) is 0 Å². The van der Waals surface area contributed by atoms with Crippen LogP contribution < -0.4 is 0 Å². The van der Waals surface area contributed by atoms with Crippen molar-refractivity contribution in [1.82, 2.24) is 19.8 Å². The van der Waals surface area contributed by atoms with Crippen LogP contribution in [0.3, 0.4) is 0 Å². The average Bonchev–Trinajstić information content (AvgIpc) is 3.09. The van der Waals surface area contributed by atoms with E-state index in [9.17, 15) is 0 Å². The lowest BCUT2D eigenvalue weighted by Gasteiger charge is -2.22. The van der Waals surface area contributed by atoms with Gasteiger partial charge in [-0.25, -0.2) is 9.97 Å². The van der Waals surface area contributed by atoms with Crippen molar-refractivity contribution in [2.75, 3.05) is 26.2 Å². The van der Waals surface area contributed by atoms with Crippen LogP contribution in [0.5, 0.6) is 0 Å². The van der Waals surface area contributed by atoms with Crippen molar-refractivity contribution in [3.05, 3.63) is 32.7 Å². The molecule has 0 unspecified atom stereocenters. The van der Waals surface area contributed by atoms with Gasteiger partial charge < -0.3 is 0 Å². The highest BCUT2D eigenvalue weighted by molar-refractivity contribution is 7.11. The number of nitrogens with zero attached hydrogens (tertiary/aromatic N) is 4. The summed E-state index contributed by atoms with van der Waals surface area (Å²) >= 11 is 3.64. The highest BCUT2D eigenvalue weighted by Crippen LogP contribution is 2.38. The molecule has 2 fully saturated rings. The molecule has 0 spiro atoms. The fourth-order valence-electron chi connectivity index (χ4n) is 3.35. The summed E-state index contributed by atoms with van der Waals surface area (Å²) in [6.45, 7) is 6.76. The van der Waals surface area contributed by atoms with Crippen LogP contribution >= 0.6 is 22.7 Å². The number of hydrogen-bond donors (Lipinski definition) is 0. The minimum Gasteiger partial charge on any atom is -0.297 e. The Hall–Kier alpha value is -0.820. The summed E-state index contributed by atoms with van der Waals surface area (Å²) in [4.78, 5) is 15.7. The van der Waals surface area contributed by atoms with Gasteiger partial charge >= 0.3 is 0 Å². The van der Waals surface area contributed by atoms with Crippen LogP contribution in [0.2, 0.25) is 0 Å². The summed E-state index contributed by atoms with van der Waals surface area (Å²) in [5.74, 6) is 0.770. The van der Waals surface area contributed by atoms with Crippen LogP contribution in [0.4, 0.5) is 0 Å². The first-order valence-electron chi connectivity index (χ1n) is 8.63. The Kier molecular flexibility index (Phi) is 5.04. The van der Waals surface area contributed by atoms with Gasteiger partial charge in [-0.1, -0.05) is 6.42 Å². The Morgan fingerprint density at radius 3 is 2.52 bits per heavy atom. The first-order valence-corrected chi connectivity index (χ1v) is 10.4. The van der Waals surface area contributed by atoms with E-state index in [2.05, 4.69) is 31.3 Å². The lowest BCUT2D eigenvalue weighted by molar-refractivity contribution is 0.247. The Morgan fingerprint density at radius 1 is 1.00 bits per heavy atom. The van der Waals surface area contributed by atoms with Crippen LogP contribution in [0, 0.1) is 0 Å². The lowest BCUT2D eigenvalue weighted by atomic mass is 9.86. The second-order valence-electron chi connectivity index (χ2n) is 6.68. The molecule has 2 aliphatic rings. The predicted molar refractivity (Wildman–Crippen MR) is 96.0 cm³/mol. The summed E-state index contributed by atoms with van der Waals surface area (Å²) in [6, 6.07) is 0. The van der Waals surface area contributed by atoms with E-state index in [1.165, 1.54) is 54.4 Å². The van der Waals surface area contributed by atoms with E-state index >= 15 is 0 Å². The predicted octanol–water partition coefficient (Wildman–Crippen LogP) is 3.58. The molecule has 0 N–H and O–H groups in total. The van der Waals surface area contributed by atoms with Crippen molar-refractivity contribution >= 4 is 22.7 Å². The molecule has 0 bridgehead atoms. The van der Waals surface area contributed by atoms with Crippen LogP contribution in [0.15, 0.2) is 17.1 Å². The van der Waals surface area contributed by atoms with Gasteiger partial charge in [0, 0.05) is 48.6 Å². The van der Waals surface area contributed by atoms with Crippen LogP contribution in [0.25, 0.3) is 0 Å². The maximum Gasteiger partial charge on any atom is 0.0959 e. The van der Waals surface area contributed by atoms with Gasteiger partial charge in [-0.3, -0.25) is 9.80 Å². The Morgan fingerprint density at radius 2 is 1.83 bits per heavy atom. The van der Waals surface area contributed by atoms with Gasteiger partial charge in [0.1, 0.15) is 0 Å². The monoisotopic (exact) mass is 348 g/mol. The zero-order valence-electron chi connectivity index (χ0n) is 13.5. The van der Waals surface area contributed by atoms with Crippen LogP contribution in [-0.4, -0.2) is 45.9 Å². The molecule has 1 aliphatic carbocycles. The number of thiazole rings is 2. The third-order valence-corrected chi connectivity index (χ3v) is 6.74. The number of rotatable bonds is 5. The second-order valence-corrected chi connectivity index (χ2v) is 8.54. The van der Waals surface area contributed by atoms with Crippen molar-refractivity contribution in [3.63, 3.8) is 0 Å². The van der Waals surface area contributed by atoms with Crippen molar-refractivity contribution in [1.29, 1.82) is 0 Å². The van der Waals surface area contributed by atoms with Gasteiger partial charge in [0.2, 0.25) is 0 Å². The van der Waals surface area contributed by atoms with Crippen LogP contribution in [-0.2, 0) is 13.1 Å². The Balaban J connectivity index is 1.29. The second kappa shape index (κ2) is 7.38. The molecule has 0 amide bonds. The number of hydrogen-bond acceptors (Lipinski definition) is 6. The van der Waals surface area contributed by atoms with Crippen molar-refractivity contribution < 1.29 is 0 Å². The van der Waals surface area contributed by atoms with E-state index < -0.39 is 0 Å². The zero-order valence-corrected chi connectivity index (χ0v) is 15.1. The minimum atomic E-state index is 0.770. The minimum absolute atomic E-state index is 0.770. The maximum absolute atomic E-state index is 4.67. The molecule has 2 aromatic rings. The van der Waals surface area contributed by atoms with Gasteiger partial charge in [-0.15, -0.1) is 22.7 Å². The molecule has 3 heterocycles. The molecule has 2 aromatic heterocycles. The fourth-order valence-corrected chi connectivity index (χ4v) is 5.02. The smallest absolute Gasteiger partial charge is 0.0959 e. The lowest BCUT2D eigenvalue weighted by Crippen LogP contribution is -2.30. The first-order chi connectivity index (χ1) is 11.4. The molecule has 124 valence electrons. The van der Waals surface area contributed by atoms with E-state index in [0.717, 1.165) is 32.1 Å². The van der Waals surface area contributed by atoms with E-state index in [-0.39, 0.29) is 0 Å². The highest BCUT2D eigenvalue weighted by Gasteiger charge is 2.23. The summed E-state index contributed by atoms with van der Waals surface area (Å²) < 4.78 is 0. The summed E-state index contributed by atoms with van der Waals surface area (Å²) in [5, 5.41) is 3.55. The van der Waals surface area contributed by atoms with Crippen LogP contribution in [0.1, 0.15) is 47.2 Å². The summed E-state index contributed by atoms with van der Waals surface area (Å²) in [6.07, 6.45) is 7.46. The van der Waals surface area contributed by atoms with E-state index in [1.54, 1.807) is 11.3 Å². The molecule has 6 heteroatoms. The molecule has 1 saturated heterocycles. The van der Waals surface area contributed by atoms with E-state index in [4.69, 9.17) is 0 Å². The third kappa shape index (κ3) is 3.99. The molecule has 23 heavy (non-hydrogen) atoms. The quantitative estimate of drug-likeness (QED) is 0.827. The molecule has 0 radical (unpaired) electrons. The van der Waals surface area contributed by atoms with Crippen molar-refractivity contribution in [2.45, 2.75) is 44.7 Å². The summed E-state index contributed by atoms with van der Waals surface area (Å²) in [5.41, 5.74) is 3.15. The van der Waals surface area contributed by atoms with Gasteiger partial charge in [-0.2, -0.15) is 0 Å². The molecule has 4 nitrogen and oxygen atoms in total. The molecule has 0 aromatic carbocycles. The standard InChI is InChI=1S/C17H24N4S2/c1-3-14(4-1)17-18-9-16(23-17)11-21-6-2-5-20(7-8-21)10-15-12-22-13-19-15/h9,12-14H,1-8,10-11H2. The summed E-state index contributed by atoms with van der Waals surface area (Å²) in [7, 11) is 0. The van der Waals surface area contributed by atoms with Gasteiger partial charge in [0.05, 0.1) is 16.2 Å². The van der Waals surface area contributed by atoms with Gasteiger partial charge in [-0.05, 0) is 32.4 Å². The fraction of sp³-hybridized carbons (Fsp3) is 0.647. The third-order valence-electron chi connectivity index (χ3n) is 4.96. The molecule has 1 aliphatic heterocycles.